The van der Waals surface area contributed by atoms with Crippen LogP contribution in [0.25, 0.3) is 0 Å². The normalized spacial score (nSPS) is 18.5. The van der Waals surface area contributed by atoms with Gasteiger partial charge in [-0.3, -0.25) is 4.90 Å². The Hall–Kier alpha value is -1.65. The molecule has 0 amide bonds. The number of anilines is 1. The van der Waals surface area contributed by atoms with Crippen LogP contribution in [0.5, 0.6) is 5.75 Å². The number of rotatable bonds is 10. The molecule has 2 aromatic rings. The van der Waals surface area contributed by atoms with Gasteiger partial charge in [-0.1, -0.05) is 24.6 Å². The highest BCUT2D eigenvalue weighted by atomic mass is 35.5. The number of sulfonamides is 1. The number of halogens is 2. The maximum absolute atomic E-state index is 12.4. The van der Waals surface area contributed by atoms with Crippen molar-refractivity contribution in [1.29, 1.82) is 0 Å². The Morgan fingerprint density at radius 3 is 2.33 bits per heavy atom. The van der Waals surface area contributed by atoms with Crippen LogP contribution in [0, 0.1) is 0 Å². The van der Waals surface area contributed by atoms with Crippen LogP contribution < -0.4 is 9.64 Å². The number of ether oxygens (including phenoxy) is 1. The van der Waals surface area contributed by atoms with E-state index < -0.39 is 10.0 Å². The minimum absolute atomic E-state index is 0.105. The van der Waals surface area contributed by atoms with Crippen molar-refractivity contribution in [2.75, 3.05) is 55.8 Å². The zero-order valence-corrected chi connectivity index (χ0v) is 23.1. The molecule has 2 aliphatic heterocycles. The lowest BCUT2D eigenvalue weighted by molar-refractivity contribution is 0.170. The Morgan fingerprint density at radius 2 is 1.72 bits per heavy atom. The lowest BCUT2D eigenvalue weighted by Crippen LogP contribution is -2.48. The van der Waals surface area contributed by atoms with E-state index in [-0.39, 0.29) is 11.9 Å². The SMILES string of the molecule is CCc1cnc(N2CCC(Oc3ccc(CN4CCN(S(=O)(=O)CCCCl)CC4)cc3Cl)CC2)nc1. The minimum Gasteiger partial charge on any atom is -0.489 e. The number of nitrogens with zero attached hydrogens (tertiary/aromatic N) is 5. The average molecular weight is 557 g/mol. The summed E-state index contributed by atoms with van der Waals surface area (Å²) in [5.74, 6) is 1.97. The van der Waals surface area contributed by atoms with Crippen molar-refractivity contribution in [1.82, 2.24) is 19.2 Å². The molecule has 198 valence electrons. The van der Waals surface area contributed by atoms with Gasteiger partial charge in [-0.05, 0) is 36.1 Å². The molecule has 3 heterocycles. The van der Waals surface area contributed by atoms with Gasteiger partial charge in [0.2, 0.25) is 16.0 Å². The van der Waals surface area contributed by atoms with E-state index in [9.17, 15) is 8.42 Å². The van der Waals surface area contributed by atoms with Crippen molar-refractivity contribution >= 4 is 39.2 Å². The number of hydrogen-bond acceptors (Lipinski definition) is 7. The standard InChI is InChI=1S/C25H35Cl2N5O3S/c1-2-20-17-28-25(29-18-20)31-9-6-22(7-10-31)35-24-5-4-21(16-23(24)27)19-30-11-13-32(14-12-30)36(33,34)15-3-8-26/h4-5,16-18,22H,2-3,6-15,19H2,1H3. The van der Waals surface area contributed by atoms with E-state index in [0.29, 0.717) is 49.3 Å². The third kappa shape index (κ3) is 7.22. The number of alkyl halides is 1. The summed E-state index contributed by atoms with van der Waals surface area (Å²) in [6.07, 6.45) is 7.09. The molecule has 8 nitrogen and oxygen atoms in total. The van der Waals surface area contributed by atoms with Crippen LogP contribution in [0.15, 0.2) is 30.6 Å². The molecule has 0 aliphatic carbocycles. The Kier molecular flexibility index (Phi) is 9.69. The zero-order chi connectivity index (χ0) is 25.5. The first-order valence-corrected chi connectivity index (χ1v) is 15.2. The van der Waals surface area contributed by atoms with Gasteiger partial charge in [0.15, 0.2) is 0 Å². The van der Waals surface area contributed by atoms with Gasteiger partial charge in [0.1, 0.15) is 11.9 Å². The van der Waals surface area contributed by atoms with Crippen molar-refractivity contribution in [2.45, 2.75) is 45.3 Å². The minimum atomic E-state index is -3.22. The third-order valence-corrected chi connectivity index (χ3v) is 9.30. The second kappa shape index (κ2) is 12.7. The molecular formula is C25H35Cl2N5O3S. The molecule has 0 N–H and O–H groups in total. The van der Waals surface area contributed by atoms with Gasteiger partial charge in [0, 0.05) is 76.9 Å². The van der Waals surface area contributed by atoms with Gasteiger partial charge >= 0.3 is 0 Å². The molecule has 0 radical (unpaired) electrons. The molecule has 0 unspecified atom stereocenters. The van der Waals surface area contributed by atoms with Crippen molar-refractivity contribution in [3.8, 4) is 5.75 Å². The predicted molar refractivity (Wildman–Crippen MR) is 145 cm³/mol. The predicted octanol–water partition coefficient (Wildman–Crippen LogP) is 3.82. The largest absolute Gasteiger partial charge is 0.489 e. The second-order valence-electron chi connectivity index (χ2n) is 9.35. The number of hydrogen-bond donors (Lipinski definition) is 0. The molecule has 0 atom stereocenters. The molecule has 1 aromatic heterocycles. The molecule has 11 heteroatoms. The van der Waals surface area contributed by atoms with Gasteiger partial charge < -0.3 is 9.64 Å². The van der Waals surface area contributed by atoms with Crippen LogP contribution in [0.3, 0.4) is 0 Å². The molecule has 2 saturated heterocycles. The number of benzene rings is 1. The van der Waals surface area contributed by atoms with Crippen molar-refractivity contribution in [3.05, 3.63) is 46.7 Å². The fourth-order valence-corrected chi connectivity index (χ4v) is 6.60. The fraction of sp³-hybridized carbons (Fsp3) is 0.600. The van der Waals surface area contributed by atoms with E-state index in [1.165, 1.54) is 0 Å². The Bertz CT molecular complexity index is 1090. The van der Waals surface area contributed by atoms with E-state index in [0.717, 1.165) is 56.0 Å². The van der Waals surface area contributed by atoms with Gasteiger partial charge in [-0.2, -0.15) is 4.31 Å². The van der Waals surface area contributed by atoms with Gasteiger partial charge in [-0.25, -0.2) is 18.4 Å². The highest BCUT2D eigenvalue weighted by molar-refractivity contribution is 7.89. The molecule has 0 spiro atoms. The monoisotopic (exact) mass is 555 g/mol. The third-order valence-electron chi connectivity index (χ3n) is 6.78. The van der Waals surface area contributed by atoms with E-state index >= 15 is 0 Å². The molecule has 0 saturated carbocycles. The summed E-state index contributed by atoms with van der Waals surface area (Å²) in [5.41, 5.74) is 2.23. The maximum Gasteiger partial charge on any atom is 0.225 e. The smallest absolute Gasteiger partial charge is 0.225 e. The zero-order valence-electron chi connectivity index (χ0n) is 20.8. The van der Waals surface area contributed by atoms with Crippen LogP contribution in [-0.2, 0) is 23.0 Å². The maximum atomic E-state index is 12.4. The highest BCUT2D eigenvalue weighted by Gasteiger charge is 2.27. The van der Waals surface area contributed by atoms with Crippen molar-refractivity contribution in [2.24, 2.45) is 0 Å². The van der Waals surface area contributed by atoms with E-state index in [1.807, 2.05) is 30.6 Å². The first-order chi connectivity index (χ1) is 17.4. The number of aromatic nitrogens is 2. The molecule has 2 fully saturated rings. The number of piperazine rings is 1. The second-order valence-corrected chi connectivity index (χ2v) is 12.2. The number of piperidine rings is 1. The van der Waals surface area contributed by atoms with Gasteiger partial charge in [0.05, 0.1) is 10.8 Å². The highest BCUT2D eigenvalue weighted by Crippen LogP contribution is 2.29. The van der Waals surface area contributed by atoms with Gasteiger partial charge in [0.25, 0.3) is 0 Å². The molecular weight excluding hydrogens is 521 g/mol. The van der Waals surface area contributed by atoms with Gasteiger partial charge in [-0.15, -0.1) is 11.6 Å². The van der Waals surface area contributed by atoms with Crippen molar-refractivity contribution < 1.29 is 13.2 Å². The summed E-state index contributed by atoms with van der Waals surface area (Å²) >= 11 is 12.2. The van der Waals surface area contributed by atoms with E-state index in [2.05, 4.69) is 26.7 Å². The Morgan fingerprint density at radius 1 is 1.03 bits per heavy atom. The fourth-order valence-electron chi connectivity index (χ4n) is 4.58. The van der Waals surface area contributed by atoms with Crippen LogP contribution in [-0.4, -0.2) is 84.6 Å². The van der Waals surface area contributed by atoms with Crippen molar-refractivity contribution in [3.63, 3.8) is 0 Å². The van der Waals surface area contributed by atoms with E-state index in [1.54, 1.807) is 4.31 Å². The summed E-state index contributed by atoms with van der Waals surface area (Å²) in [7, 11) is -3.22. The molecule has 1 aromatic carbocycles. The van der Waals surface area contributed by atoms with Crippen LogP contribution in [0.2, 0.25) is 5.02 Å². The topological polar surface area (TPSA) is 78.9 Å². The summed E-state index contributed by atoms with van der Waals surface area (Å²) in [5, 5.41) is 0.607. The first-order valence-electron chi connectivity index (χ1n) is 12.6. The summed E-state index contributed by atoms with van der Waals surface area (Å²) in [4.78, 5) is 13.4. The summed E-state index contributed by atoms with van der Waals surface area (Å²) < 4.78 is 32.6. The Balaban J connectivity index is 1.24. The van der Waals surface area contributed by atoms with Crippen LogP contribution >= 0.6 is 23.2 Å². The molecule has 36 heavy (non-hydrogen) atoms. The summed E-state index contributed by atoms with van der Waals surface area (Å²) in [6.45, 7) is 6.92. The average Bonchev–Trinajstić information content (AvgIpc) is 2.90. The molecule has 2 aliphatic rings. The number of aryl methyl sites for hydroxylation is 1. The van der Waals surface area contributed by atoms with Crippen LogP contribution in [0.4, 0.5) is 5.95 Å². The Labute approximate surface area is 224 Å². The summed E-state index contributed by atoms with van der Waals surface area (Å²) in [6, 6.07) is 5.95. The lowest BCUT2D eigenvalue weighted by Gasteiger charge is -2.34. The quantitative estimate of drug-likeness (QED) is 0.412. The molecule has 0 bridgehead atoms. The lowest BCUT2D eigenvalue weighted by atomic mass is 10.1. The first kappa shape index (κ1) is 27.4. The van der Waals surface area contributed by atoms with Crippen LogP contribution in [0.1, 0.15) is 37.3 Å². The molecule has 4 rings (SSSR count). The van der Waals surface area contributed by atoms with E-state index in [4.69, 9.17) is 27.9 Å².